The van der Waals surface area contributed by atoms with Crippen LogP contribution in [0, 0.1) is 5.92 Å². The van der Waals surface area contributed by atoms with E-state index < -0.39 is 0 Å². The minimum atomic E-state index is -0.287. The molecule has 4 nitrogen and oxygen atoms in total. The fourth-order valence-electron chi connectivity index (χ4n) is 1.93. The number of amides is 1. The van der Waals surface area contributed by atoms with Gasteiger partial charge in [0.25, 0.3) is 5.91 Å². The summed E-state index contributed by atoms with van der Waals surface area (Å²) in [6.07, 6.45) is 3.56. The molecular formula is C12H21NO3. The molecule has 0 aromatic carbocycles. The molecule has 0 saturated carbocycles. The van der Waals surface area contributed by atoms with Gasteiger partial charge < -0.3 is 4.74 Å². The lowest BCUT2D eigenvalue weighted by Gasteiger charge is -2.25. The number of hydroxylamine groups is 2. The molecule has 0 unspecified atom stereocenters. The third-order valence-electron chi connectivity index (χ3n) is 3.31. The van der Waals surface area contributed by atoms with Gasteiger partial charge in [0.2, 0.25) is 0 Å². The lowest BCUT2D eigenvalue weighted by Crippen LogP contribution is -2.37. The van der Waals surface area contributed by atoms with Gasteiger partial charge >= 0.3 is 0 Å². The molecule has 0 N–H and O–H groups in total. The van der Waals surface area contributed by atoms with E-state index in [1.54, 1.807) is 7.05 Å². The van der Waals surface area contributed by atoms with Gasteiger partial charge in [-0.3, -0.25) is 9.63 Å². The Hall–Kier alpha value is -0.870. The van der Waals surface area contributed by atoms with Crippen LogP contribution < -0.4 is 0 Å². The first-order valence-electron chi connectivity index (χ1n) is 5.56. The second-order valence-corrected chi connectivity index (χ2v) is 4.52. The molecule has 16 heavy (non-hydrogen) atoms. The summed E-state index contributed by atoms with van der Waals surface area (Å²) < 4.78 is 5.85. The van der Waals surface area contributed by atoms with Gasteiger partial charge in [0.1, 0.15) is 0 Å². The molecule has 0 aromatic rings. The van der Waals surface area contributed by atoms with E-state index in [1.807, 2.05) is 19.9 Å². The molecule has 0 bridgehead atoms. The van der Waals surface area contributed by atoms with Crippen molar-refractivity contribution in [2.45, 2.75) is 38.4 Å². The number of rotatable bonds is 4. The van der Waals surface area contributed by atoms with Gasteiger partial charge in [-0.05, 0) is 19.8 Å². The van der Waals surface area contributed by atoms with Crippen molar-refractivity contribution < 1.29 is 14.4 Å². The van der Waals surface area contributed by atoms with E-state index in [0.29, 0.717) is 0 Å². The summed E-state index contributed by atoms with van der Waals surface area (Å²) in [5, 5.41) is 1.25. The number of hydrogen-bond acceptors (Lipinski definition) is 3. The predicted molar refractivity (Wildman–Crippen MR) is 61.7 cm³/mol. The van der Waals surface area contributed by atoms with Crippen LogP contribution >= 0.6 is 0 Å². The largest absolute Gasteiger partial charge is 0.367 e. The fraction of sp³-hybridized carbons (Fsp3) is 0.750. The van der Waals surface area contributed by atoms with Gasteiger partial charge in [-0.1, -0.05) is 13.0 Å². The van der Waals surface area contributed by atoms with E-state index in [2.05, 4.69) is 6.58 Å². The molecule has 0 aliphatic carbocycles. The Kier molecular flexibility index (Phi) is 4.10. The van der Waals surface area contributed by atoms with E-state index in [-0.39, 0.29) is 23.5 Å². The molecule has 1 aliphatic rings. The van der Waals surface area contributed by atoms with Crippen LogP contribution in [0.4, 0.5) is 0 Å². The molecule has 0 aromatic heterocycles. The smallest absolute Gasteiger partial charge is 0.251 e. The second kappa shape index (κ2) is 4.97. The van der Waals surface area contributed by atoms with Gasteiger partial charge in [-0.25, -0.2) is 5.06 Å². The molecule has 1 amide bonds. The van der Waals surface area contributed by atoms with Crippen LogP contribution in [0.5, 0.6) is 0 Å². The van der Waals surface area contributed by atoms with Gasteiger partial charge in [0.05, 0.1) is 24.7 Å². The zero-order valence-corrected chi connectivity index (χ0v) is 10.5. The standard InChI is InChI=1S/C12H21NO3/c1-6-12(3)8-7-10(16-12)9(2)11(14)13(4)15-5/h6,9-10H,1,7-8H2,2-5H3/t9-,10-,12-/m0/s1. The van der Waals surface area contributed by atoms with E-state index in [0.717, 1.165) is 12.8 Å². The SMILES string of the molecule is C=C[C@@]1(C)CC[C@@H]([C@H](C)C(=O)N(C)OC)O1. The van der Waals surface area contributed by atoms with Gasteiger partial charge in [-0.15, -0.1) is 6.58 Å². The average molecular weight is 227 g/mol. The van der Waals surface area contributed by atoms with Crippen molar-refractivity contribution in [3.63, 3.8) is 0 Å². The Morgan fingerprint density at radius 1 is 1.75 bits per heavy atom. The van der Waals surface area contributed by atoms with E-state index in [1.165, 1.54) is 12.2 Å². The molecule has 1 rings (SSSR count). The maximum atomic E-state index is 11.9. The number of hydrogen-bond donors (Lipinski definition) is 0. The zero-order chi connectivity index (χ0) is 12.3. The Balaban J connectivity index is 2.60. The minimum absolute atomic E-state index is 0.0481. The van der Waals surface area contributed by atoms with Crippen molar-refractivity contribution in [3.05, 3.63) is 12.7 Å². The van der Waals surface area contributed by atoms with Gasteiger partial charge in [0, 0.05) is 7.05 Å². The lowest BCUT2D eigenvalue weighted by atomic mass is 9.98. The highest BCUT2D eigenvalue weighted by Gasteiger charge is 2.39. The second-order valence-electron chi connectivity index (χ2n) is 4.52. The summed E-state index contributed by atoms with van der Waals surface area (Å²) in [6, 6.07) is 0. The summed E-state index contributed by atoms with van der Waals surface area (Å²) >= 11 is 0. The quantitative estimate of drug-likeness (QED) is 0.542. The highest BCUT2D eigenvalue weighted by Crippen LogP contribution is 2.34. The first-order chi connectivity index (χ1) is 7.43. The van der Waals surface area contributed by atoms with Crippen LogP contribution in [0.15, 0.2) is 12.7 Å². The topological polar surface area (TPSA) is 38.8 Å². The highest BCUT2D eigenvalue weighted by atomic mass is 16.7. The normalized spacial score (nSPS) is 31.1. The zero-order valence-electron chi connectivity index (χ0n) is 10.5. The predicted octanol–water partition coefficient (Wildman–Crippen LogP) is 1.77. The van der Waals surface area contributed by atoms with E-state index >= 15 is 0 Å². The van der Waals surface area contributed by atoms with E-state index in [9.17, 15) is 4.79 Å². The molecular weight excluding hydrogens is 206 g/mol. The average Bonchev–Trinajstić information content (AvgIpc) is 2.69. The first kappa shape index (κ1) is 13.2. The first-order valence-corrected chi connectivity index (χ1v) is 5.56. The Bertz CT molecular complexity index is 279. The third-order valence-corrected chi connectivity index (χ3v) is 3.31. The Morgan fingerprint density at radius 2 is 2.38 bits per heavy atom. The van der Waals surface area contributed by atoms with Crippen LogP contribution in [0.25, 0.3) is 0 Å². The van der Waals surface area contributed by atoms with Crippen molar-refractivity contribution in [1.29, 1.82) is 0 Å². The van der Waals surface area contributed by atoms with Crippen LogP contribution in [0.2, 0.25) is 0 Å². The van der Waals surface area contributed by atoms with Crippen LogP contribution in [-0.4, -0.2) is 36.8 Å². The third kappa shape index (κ3) is 2.62. The molecule has 3 atom stereocenters. The minimum Gasteiger partial charge on any atom is -0.367 e. The molecule has 1 fully saturated rings. The number of carbonyl (C=O) groups is 1. The molecule has 92 valence electrons. The summed E-state index contributed by atoms with van der Waals surface area (Å²) in [5.74, 6) is -0.243. The summed E-state index contributed by atoms with van der Waals surface area (Å²) in [5.41, 5.74) is -0.287. The van der Waals surface area contributed by atoms with E-state index in [4.69, 9.17) is 9.57 Å². The van der Waals surface area contributed by atoms with Crippen molar-refractivity contribution >= 4 is 5.91 Å². The van der Waals surface area contributed by atoms with Gasteiger partial charge in [0.15, 0.2) is 0 Å². The molecule has 1 aliphatic heterocycles. The summed E-state index contributed by atoms with van der Waals surface area (Å²) in [4.78, 5) is 16.7. The molecule has 0 spiro atoms. The Labute approximate surface area is 97.2 Å². The molecule has 1 heterocycles. The summed E-state index contributed by atoms with van der Waals surface area (Å²) in [7, 11) is 3.09. The van der Waals surface area contributed by atoms with Crippen LogP contribution in [0.3, 0.4) is 0 Å². The van der Waals surface area contributed by atoms with Crippen molar-refractivity contribution in [2.75, 3.05) is 14.2 Å². The van der Waals surface area contributed by atoms with Crippen molar-refractivity contribution in [3.8, 4) is 0 Å². The maximum Gasteiger partial charge on any atom is 0.251 e. The van der Waals surface area contributed by atoms with Crippen LogP contribution in [-0.2, 0) is 14.4 Å². The number of carbonyl (C=O) groups excluding carboxylic acids is 1. The maximum absolute atomic E-state index is 11.9. The number of nitrogens with zero attached hydrogens (tertiary/aromatic N) is 1. The number of ether oxygens (including phenoxy) is 1. The molecule has 0 radical (unpaired) electrons. The lowest BCUT2D eigenvalue weighted by molar-refractivity contribution is -0.177. The van der Waals surface area contributed by atoms with Crippen molar-refractivity contribution in [1.82, 2.24) is 5.06 Å². The van der Waals surface area contributed by atoms with Crippen molar-refractivity contribution in [2.24, 2.45) is 5.92 Å². The highest BCUT2D eigenvalue weighted by molar-refractivity contribution is 5.77. The summed E-state index contributed by atoms with van der Waals surface area (Å²) in [6.45, 7) is 7.63. The molecule has 4 heteroatoms. The monoisotopic (exact) mass is 227 g/mol. The van der Waals surface area contributed by atoms with Crippen LogP contribution in [0.1, 0.15) is 26.7 Å². The Morgan fingerprint density at radius 3 is 2.81 bits per heavy atom. The molecule has 1 saturated heterocycles. The fourth-order valence-corrected chi connectivity index (χ4v) is 1.93. The van der Waals surface area contributed by atoms with Gasteiger partial charge in [-0.2, -0.15) is 0 Å².